The van der Waals surface area contributed by atoms with Gasteiger partial charge in [-0.15, -0.1) is 0 Å². The fraction of sp³-hybridized carbons (Fsp3) is 0.857. The molecule has 0 N–H and O–H groups in total. The van der Waals surface area contributed by atoms with Gasteiger partial charge in [0.15, 0.2) is 0 Å². The lowest BCUT2D eigenvalue weighted by molar-refractivity contribution is -0.131. The highest BCUT2D eigenvalue weighted by Gasteiger charge is 2.22. The molecule has 2 nitrogen and oxygen atoms in total. The second-order valence-corrected chi connectivity index (χ2v) is 5.55. The van der Waals surface area contributed by atoms with Crippen molar-refractivity contribution in [1.82, 2.24) is 0 Å². The number of carbonyl (C=O) groups is 2. The Kier molecular flexibility index (Phi) is 7.27. The van der Waals surface area contributed by atoms with Gasteiger partial charge in [0.25, 0.3) is 0 Å². The van der Waals surface area contributed by atoms with E-state index in [9.17, 15) is 9.59 Å². The Balaban J connectivity index is 3.63. The number of hydrogen-bond acceptors (Lipinski definition) is 2. The Morgan fingerprint density at radius 3 is 2.00 bits per heavy atom. The highest BCUT2D eigenvalue weighted by molar-refractivity contribution is 6.01. The SMILES string of the molecule is CCCCCCCC(=O)CC(=O)C(C)(C)C. The highest BCUT2D eigenvalue weighted by Crippen LogP contribution is 2.17. The van der Waals surface area contributed by atoms with Gasteiger partial charge in [-0.3, -0.25) is 9.59 Å². The fourth-order valence-electron chi connectivity index (χ4n) is 1.46. The molecule has 0 spiro atoms. The summed E-state index contributed by atoms with van der Waals surface area (Å²) in [5, 5.41) is 0. The predicted molar refractivity (Wildman–Crippen MR) is 67.5 cm³/mol. The molecule has 0 rings (SSSR count). The lowest BCUT2D eigenvalue weighted by atomic mass is 9.87. The molecule has 2 heteroatoms. The minimum atomic E-state index is -0.377. The van der Waals surface area contributed by atoms with Crippen LogP contribution >= 0.6 is 0 Å². The summed E-state index contributed by atoms with van der Waals surface area (Å²) in [6.07, 6.45) is 6.42. The second-order valence-electron chi connectivity index (χ2n) is 5.55. The van der Waals surface area contributed by atoms with Gasteiger partial charge >= 0.3 is 0 Å². The third-order valence-corrected chi connectivity index (χ3v) is 2.75. The van der Waals surface area contributed by atoms with Gasteiger partial charge in [-0.1, -0.05) is 53.4 Å². The predicted octanol–water partition coefficient (Wildman–Crippen LogP) is 3.92. The summed E-state index contributed by atoms with van der Waals surface area (Å²) in [5.74, 6) is 0.169. The molecule has 0 aliphatic heterocycles. The largest absolute Gasteiger partial charge is 0.299 e. The monoisotopic (exact) mass is 226 g/mol. The third kappa shape index (κ3) is 7.61. The molecule has 0 bridgehead atoms. The van der Waals surface area contributed by atoms with Gasteiger partial charge in [0, 0.05) is 11.8 Å². The summed E-state index contributed by atoms with van der Waals surface area (Å²) in [7, 11) is 0. The Hall–Kier alpha value is -0.660. The van der Waals surface area contributed by atoms with Crippen LogP contribution in [-0.4, -0.2) is 11.6 Å². The molecule has 16 heavy (non-hydrogen) atoms. The van der Waals surface area contributed by atoms with Gasteiger partial charge in [0.2, 0.25) is 0 Å². The quantitative estimate of drug-likeness (QED) is 0.464. The lowest BCUT2D eigenvalue weighted by Gasteiger charge is -2.15. The van der Waals surface area contributed by atoms with Crippen molar-refractivity contribution in [3.05, 3.63) is 0 Å². The van der Waals surface area contributed by atoms with Crippen LogP contribution in [0, 0.1) is 5.41 Å². The first-order valence-corrected chi connectivity index (χ1v) is 6.43. The van der Waals surface area contributed by atoms with Crippen LogP contribution in [0.1, 0.15) is 72.6 Å². The van der Waals surface area contributed by atoms with Crippen molar-refractivity contribution < 1.29 is 9.59 Å². The lowest BCUT2D eigenvalue weighted by Crippen LogP contribution is -2.22. The molecule has 0 heterocycles. The molecular formula is C14H26O2. The maximum Gasteiger partial charge on any atom is 0.145 e. The molecule has 0 saturated carbocycles. The zero-order valence-corrected chi connectivity index (χ0v) is 11.3. The zero-order chi connectivity index (χ0) is 12.6. The minimum absolute atomic E-state index is 0.0612. The van der Waals surface area contributed by atoms with Gasteiger partial charge in [0.05, 0.1) is 6.42 Å². The van der Waals surface area contributed by atoms with E-state index in [1.54, 1.807) is 0 Å². The summed E-state index contributed by atoms with van der Waals surface area (Å²) in [6.45, 7) is 7.77. The Morgan fingerprint density at radius 2 is 1.50 bits per heavy atom. The van der Waals surface area contributed by atoms with Gasteiger partial charge < -0.3 is 0 Å². The Labute approximate surface area is 99.8 Å². The maximum atomic E-state index is 11.6. The summed E-state index contributed by atoms with van der Waals surface area (Å²) in [6, 6.07) is 0. The first-order valence-electron chi connectivity index (χ1n) is 6.43. The Bertz CT molecular complexity index is 223. The van der Waals surface area contributed by atoms with Crippen molar-refractivity contribution in [3.8, 4) is 0 Å². The second kappa shape index (κ2) is 7.59. The van der Waals surface area contributed by atoms with Gasteiger partial charge in [-0.25, -0.2) is 0 Å². The summed E-state index contributed by atoms with van der Waals surface area (Å²) in [4.78, 5) is 23.1. The van der Waals surface area contributed by atoms with E-state index in [0.29, 0.717) is 6.42 Å². The van der Waals surface area contributed by atoms with Crippen LogP contribution in [0.25, 0.3) is 0 Å². The van der Waals surface area contributed by atoms with E-state index in [2.05, 4.69) is 6.92 Å². The summed E-state index contributed by atoms with van der Waals surface area (Å²) in [5.41, 5.74) is -0.377. The van der Waals surface area contributed by atoms with Crippen LogP contribution in [0.4, 0.5) is 0 Å². The maximum absolute atomic E-state index is 11.6. The Morgan fingerprint density at radius 1 is 0.938 bits per heavy atom. The van der Waals surface area contributed by atoms with Crippen molar-refractivity contribution in [1.29, 1.82) is 0 Å². The fourth-order valence-corrected chi connectivity index (χ4v) is 1.46. The van der Waals surface area contributed by atoms with Crippen molar-refractivity contribution in [2.24, 2.45) is 5.41 Å². The zero-order valence-electron chi connectivity index (χ0n) is 11.3. The van der Waals surface area contributed by atoms with Gasteiger partial charge in [-0.05, 0) is 6.42 Å². The van der Waals surface area contributed by atoms with E-state index in [4.69, 9.17) is 0 Å². The first kappa shape index (κ1) is 15.3. The highest BCUT2D eigenvalue weighted by atomic mass is 16.1. The number of ketones is 2. The molecule has 0 aromatic carbocycles. The summed E-state index contributed by atoms with van der Waals surface area (Å²) >= 11 is 0. The number of carbonyl (C=O) groups excluding carboxylic acids is 2. The first-order chi connectivity index (χ1) is 7.38. The molecule has 0 aliphatic rings. The molecule has 0 radical (unpaired) electrons. The standard InChI is InChI=1S/C14H26O2/c1-5-6-7-8-9-10-12(15)11-13(16)14(2,3)4/h5-11H2,1-4H3. The average Bonchev–Trinajstić information content (AvgIpc) is 2.16. The normalized spacial score (nSPS) is 11.5. The molecule has 0 saturated heterocycles. The molecular weight excluding hydrogens is 200 g/mol. The van der Waals surface area contributed by atoms with Crippen LogP contribution in [0.5, 0.6) is 0 Å². The topological polar surface area (TPSA) is 34.1 Å². The van der Waals surface area contributed by atoms with Gasteiger partial charge in [0.1, 0.15) is 11.6 Å². The molecule has 0 aromatic rings. The van der Waals surface area contributed by atoms with Crippen molar-refractivity contribution in [3.63, 3.8) is 0 Å². The van der Waals surface area contributed by atoms with Crippen LogP contribution in [0.15, 0.2) is 0 Å². The third-order valence-electron chi connectivity index (χ3n) is 2.75. The smallest absolute Gasteiger partial charge is 0.145 e. The number of unbranched alkanes of at least 4 members (excludes halogenated alkanes) is 4. The van der Waals surface area contributed by atoms with Crippen LogP contribution in [-0.2, 0) is 9.59 Å². The van der Waals surface area contributed by atoms with Crippen molar-refractivity contribution in [2.45, 2.75) is 72.6 Å². The van der Waals surface area contributed by atoms with Crippen LogP contribution in [0.3, 0.4) is 0 Å². The molecule has 94 valence electrons. The van der Waals surface area contributed by atoms with Gasteiger partial charge in [-0.2, -0.15) is 0 Å². The molecule has 0 fully saturated rings. The van der Waals surface area contributed by atoms with Crippen LogP contribution < -0.4 is 0 Å². The summed E-state index contributed by atoms with van der Waals surface area (Å²) < 4.78 is 0. The molecule has 0 atom stereocenters. The minimum Gasteiger partial charge on any atom is -0.299 e. The number of rotatable bonds is 8. The van der Waals surface area contributed by atoms with Crippen molar-refractivity contribution in [2.75, 3.05) is 0 Å². The van der Waals surface area contributed by atoms with E-state index >= 15 is 0 Å². The van der Waals surface area contributed by atoms with E-state index in [1.807, 2.05) is 20.8 Å². The number of hydrogen-bond donors (Lipinski definition) is 0. The van der Waals surface area contributed by atoms with E-state index in [1.165, 1.54) is 19.3 Å². The average molecular weight is 226 g/mol. The number of Topliss-reactive ketones (excluding diaryl/α,β-unsaturated/α-hetero) is 2. The van der Waals surface area contributed by atoms with E-state index in [0.717, 1.165) is 12.8 Å². The van der Waals surface area contributed by atoms with E-state index < -0.39 is 0 Å². The van der Waals surface area contributed by atoms with E-state index in [-0.39, 0.29) is 23.4 Å². The molecule has 0 aromatic heterocycles. The van der Waals surface area contributed by atoms with Crippen LogP contribution in [0.2, 0.25) is 0 Å². The molecule has 0 amide bonds. The molecule has 0 unspecified atom stereocenters. The van der Waals surface area contributed by atoms with Crippen molar-refractivity contribution >= 4 is 11.6 Å². The molecule has 0 aliphatic carbocycles.